The van der Waals surface area contributed by atoms with Crippen LogP contribution >= 0.6 is 23.5 Å². The summed E-state index contributed by atoms with van der Waals surface area (Å²) in [6.45, 7) is 0. The molecule has 0 spiro atoms. The summed E-state index contributed by atoms with van der Waals surface area (Å²) in [6.07, 6.45) is 8.17. The number of fused-ring (bicyclic) bond motifs is 2. The van der Waals surface area contributed by atoms with Gasteiger partial charge in [-0.2, -0.15) is 10.5 Å². The molecule has 0 saturated heterocycles. The van der Waals surface area contributed by atoms with Crippen molar-refractivity contribution in [3.05, 3.63) is 81.2 Å². The van der Waals surface area contributed by atoms with E-state index in [0.717, 1.165) is 73.9 Å². The fraction of sp³-hybridized carbons (Fsp3) is 0.333. The molecule has 0 radical (unpaired) electrons. The van der Waals surface area contributed by atoms with Crippen molar-refractivity contribution in [1.82, 2.24) is 9.97 Å². The maximum atomic E-state index is 12.8. The number of pyridine rings is 2. The monoisotopic (exact) mass is 538 g/mol. The van der Waals surface area contributed by atoms with Crippen LogP contribution in [-0.2, 0) is 25.7 Å². The van der Waals surface area contributed by atoms with Crippen LogP contribution in [0.25, 0.3) is 0 Å². The summed E-state index contributed by atoms with van der Waals surface area (Å²) in [4.78, 5) is 35.0. The van der Waals surface area contributed by atoms with Crippen LogP contribution in [0.5, 0.6) is 0 Å². The lowest BCUT2D eigenvalue weighted by Crippen LogP contribution is -2.09. The molecule has 0 aliphatic heterocycles. The smallest absolute Gasteiger partial charge is 0.173 e. The summed E-state index contributed by atoms with van der Waals surface area (Å²) in [5.41, 5.74) is 6.45. The zero-order chi connectivity index (χ0) is 26.5. The van der Waals surface area contributed by atoms with Gasteiger partial charge in [-0.05, 0) is 74.6 Å². The van der Waals surface area contributed by atoms with Gasteiger partial charge in [0.1, 0.15) is 22.2 Å². The molecule has 3 aromatic rings. The van der Waals surface area contributed by atoms with Crippen LogP contribution in [0.3, 0.4) is 0 Å². The van der Waals surface area contributed by atoms with E-state index in [-0.39, 0.29) is 23.1 Å². The number of Topliss-reactive ketones (excluding diaryl/α,β-unsaturated/α-hetero) is 2. The first kappa shape index (κ1) is 26.2. The van der Waals surface area contributed by atoms with Gasteiger partial charge in [0.2, 0.25) is 0 Å². The van der Waals surface area contributed by atoms with Crippen LogP contribution in [0.2, 0.25) is 0 Å². The number of rotatable bonds is 8. The summed E-state index contributed by atoms with van der Waals surface area (Å²) < 4.78 is 0. The minimum Gasteiger partial charge on any atom is -0.293 e. The molecule has 0 bridgehead atoms. The minimum absolute atomic E-state index is 0.0799. The number of ketones is 2. The van der Waals surface area contributed by atoms with Crippen LogP contribution in [0.15, 0.2) is 46.5 Å². The SMILES string of the molecule is N#Cc1cc2c(nc1SCC(=O)c1ccc(C(=O)CSc3nc4c(cc3C#N)CCCC4)cc1)CCCC2. The molecule has 0 amide bonds. The third-order valence-electron chi connectivity index (χ3n) is 6.98. The molecule has 0 N–H and O–H groups in total. The van der Waals surface area contributed by atoms with E-state index in [0.29, 0.717) is 32.3 Å². The van der Waals surface area contributed by atoms with Gasteiger partial charge in [0, 0.05) is 22.5 Å². The summed E-state index contributed by atoms with van der Waals surface area (Å²) in [7, 11) is 0. The van der Waals surface area contributed by atoms with E-state index in [4.69, 9.17) is 0 Å². The summed E-state index contributed by atoms with van der Waals surface area (Å²) in [6, 6.07) is 15.0. The number of hydrogen-bond donors (Lipinski definition) is 0. The first-order chi connectivity index (χ1) is 18.6. The number of thioether (sulfide) groups is 2. The topological polar surface area (TPSA) is 108 Å². The standard InChI is InChI=1S/C30H26N4O2S2/c31-15-23-13-21-5-1-3-7-25(21)33-29(23)37-17-27(35)19-9-11-20(12-10-19)28(36)18-38-30-24(16-32)14-22-6-2-4-8-26(22)34-30/h9-14H,1-8,17-18H2. The van der Waals surface area contributed by atoms with Crippen molar-refractivity contribution in [3.8, 4) is 12.1 Å². The van der Waals surface area contributed by atoms with Gasteiger partial charge in [-0.1, -0.05) is 47.8 Å². The fourth-order valence-corrected chi connectivity index (χ4v) is 6.62. The molecule has 2 aromatic heterocycles. The molecule has 1 aromatic carbocycles. The summed E-state index contributed by atoms with van der Waals surface area (Å²) in [5.74, 6) is 0.183. The van der Waals surface area contributed by atoms with E-state index in [2.05, 4.69) is 22.1 Å². The Balaban J connectivity index is 1.20. The maximum Gasteiger partial charge on any atom is 0.173 e. The Labute approximate surface area is 230 Å². The Morgan fingerprint density at radius 3 is 1.47 bits per heavy atom. The third-order valence-corrected chi connectivity index (χ3v) is 8.96. The molecule has 2 aliphatic rings. The Morgan fingerprint density at radius 2 is 1.08 bits per heavy atom. The van der Waals surface area contributed by atoms with E-state index in [9.17, 15) is 20.1 Å². The van der Waals surface area contributed by atoms with Crippen LogP contribution in [-0.4, -0.2) is 33.0 Å². The van der Waals surface area contributed by atoms with E-state index in [1.807, 2.05) is 12.1 Å². The van der Waals surface area contributed by atoms with Crippen LogP contribution in [0.1, 0.15) is 80.0 Å². The van der Waals surface area contributed by atoms with Crippen molar-refractivity contribution >= 4 is 35.1 Å². The second kappa shape index (κ2) is 11.9. The molecule has 0 unspecified atom stereocenters. The number of benzene rings is 1. The van der Waals surface area contributed by atoms with Crippen LogP contribution in [0.4, 0.5) is 0 Å². The Morgan fingerprint density at radius 1 is 0.684 bits per heavy atom. The number of aryl methyl sites for hydroxylation is 4. The van der Waals surface area contributed by atoms with Gasteiger partial charge in [0.25, 0.3) is 0 Å². The molecular weight excluding hydrogens is 512 g/mol. The van der Waals surface area contributed by atoms with Gasteiger partial charge in [-0.25, -0.2) is 9.97 Å². The lowest BCUT2D eigenvalue weighted by atomic mass is 9.95. The lowest BCUT2D eigenvalue weighted by molar-refractivity contribution is 0.101. The minimum atomic E-state index is -0.0799. The normalized spacial score (nSPS) is 14.1. The van der Waals surface area contributed by atoms with Gasteiger partial charge >= 0.3 is 0 Å². The molecule has 5 rings (SSSR count). The van der Waals surface area contributed by atoms with Gasteiger partial charge in [0.05, 0.1) is 22.6 Å². The van der Waals surface area contributed by atoms with E-state index >= 15 is 0 Å². The van der Waals surface area contributed by atoms with Crippen LogP contribution in [0, 0.1) is 22.7 Å². The van der Waals surface area contributed by atoms with Crippen molar-refractivity contribution in [2.75, 3.05) is 11.5 Å². The van der Waals surface area contributed by atoms with Gasteiger partial charge < -0.3 is 0 Å². The third kappa shape index (κ3) is 5.83. The van der Waals surface area contributed by atoms with Crippen molar-refractivity contribution in [1.29, 1.82) is 10.5 Å². The second-order valence-corrected chi connectivity index (χ2v) is 11.5. The highest BCUT2D eigenvalue weighted by Gasteiger charge is 2.19. The predicted octanol–water partition coefficient (Wildman–Crippen LogP) is 5.93. The lowest BCUT2D eigenvalue weighted by Gasteiger charge is -2.16. The fourth-order valence-electron chi connectivity index (χ4n) is 4.89. The number of nitriles is 2. The highest BCUT2D eigenvalue weighted by Crippen LogP contribution is 2.29. The summed E-state index contributed by atoms with van der Waals surface area (Å²) in [5, 5.41) is 20.3. The molecular formula is C30H26N4O2S2. The van der Waals surface area contributed by atoms with Crippen molar-refractivity contribution < 1.29 is 9.59 Å². The number of carbonyl (C=O) groups excluding carboxylic acids is 2. The predicted molar refractivity (Wildman–Crippen MR) is 148 cm³/mol. The molecule has 6 nitrogen and oxygen atoms in total. The highest BCUT2D eigenvalue weighted by atomic mass is 32.2. The Hall–Kier alpha value is -3.46. The Bertz CT molecular complexity index is 1370. The first-order valence-electron chi connectivity index (χ1n) is 12.8. The van der Waals surface area contributed by atoms with Crippen molar-refractivity contribution in [2.24, 2.45) is 0 Å². The number of nitrogens with zero attached hydrogens (tertiary/aromatic N) is 4. The quantitative estimate of drug-likeness (QED) is 0.257. The molecule has 0 fully saturated rings. The molecule has 0 atom stereocenters. The highest BCUT2D eigenvalue weighted by molar-refractivity contribution is 8.00. The second-order valence-electron chi connectivity index (χ2n) is 9.53. The van der Waals surface area contributed by atoms with Crippen molar-refractivity contribution in [3.63, 3.8) is 0 Å². The van der Waals surface area contributed by atoms with Crippen LogP contribution < -0.4 is 0 Å². The average molecular weight is 539 g/mol. The Kier molecular flexibility index (Phi) is 8.22. The average Bonchev–Trinajstić information content (AvgIpc) is 2.97. The number of aromatic nitrogens is 2. The van der Waals surface area contributed by atoms with Gasteiger partial charge in [0.15, 0.2) is 11.6 Å². The molecule has 2 aliphatic carbocycles. The molecule has 0 saturated carbocycles. The van der Waals surface area contributed by atoms with Gasteiger partial charge in [-0.3, -0.25) is 9.59 Å². The number of hydrogen-bond acceptors (Lipinski definition) is 8. The van der Waals surface area contributed by atoms with Crippen molar-refractivity contribution in [2.45, 2.75) is 61.4 Å². The molecule has 38 heavy (non-hydrogen) atoms. The zero-order valence-electron chi connectivity index (χ0n) is 21.0. The van der Waals surface area contributed by atoms with Gasteiger partial charge in [-0.15, -0.1) is 0 Å². The molecule has 190 valence electrons. The van der Waals surface area contributed by atoms with E-state index in [1.165, 1.54) is 23.5 Å². The van der Waals surface area contributed by atoms with E-state index < -0.39 is 0 Å². The molecule has 2 heterocycles. The maximum absolute atomic E-state index is 12.8. The summed E-state index contributed by atoms with van der Waals surface area (Å²) >= 11 is 2.58. The van der Waals surface area contributed by atoms with E-state index in [1.54, 1.807) is 24.3 Å². The number of carbonyl (C=O) groups is 2. The zero-order valence-corrected chi connectivity index (χ0v) is 22.6. The molecule has 8 heteroatoms. The largest absolute Gasteiger partial charge is 0.293 e. The first-order valence-corrected chi connectivity index (χ1v) is 14.8.